The monoisotopic (exact) mass is 516 g/mol. The average Bonchev–Trinajstić information content (AvgIpc) is 3.43. The van der Waals surface area contributed by atoms with Gasteiger partial charge in [-0.25, -0.2) is 19.2 Å². The molecule has 0 spiro atoms. The van der Waals surface area contributed by atoms with E-state index >= 15 is 0 Å². The number of thioether (sulfide) groups is 1. The number of hydrazone groups is 1. The third-order valence-corrected chi connectivity index (χ3v) is 7.24. The van der Waals surface area contributed by atoms with Crippen LogP contribution in [0, 0.1) is 24.0 Å². The fourth-order valence-corrected chi connectivity index (χ4v) is 5.65. The summed E-state index contributed by atoms with van der Waals surface area (Å²) >= 11 is 2.62. The van der Waals surface area contributed by atoms with Crippen LogP contribution in [-0.4, -0.2) is 33.7 Å². The van der Waals surface area contributed by atoms with Crippen LogP contribution < -0.4 is 21.2 Å². The summed E-state index contributed by atoms with van der Waals surface area (Å²) in [7, 11) is 0. The van der Waals surface area contributed by atoms with Crippen molar-refractivity contribution >= 4 is 45.1 Å². The first-order valence-corrected chi connectivity index (χ1v) is 12.2. The molecule has 0 aliphatic carbocycles. The molecule has 4 rings (SSSR count). The topological polar surface area (TPSA) is 118 Å². The number of hydrazine groups is 1. The first-order valence-electron chi connectivity index (χ1n) is 10.5. The van der Waals surface area contributed by atoms with E-state index in [0.717, 1.165) is 28.8 Å². The van der Waals surface area contributed by atoms with Gasteiger partial charge in [0.25, 0.3) is 0 Å². The summed E-state index contributed by atoms with van der Waals surface area (Å²) in [5.41, 5.74) is 6.46. The minimum atomic E-state index is -0.883. The second-order valence-electron chi connectivity index (χ2n) is 7.56. The highest BCUT2D eigenvalue weighted by Crippen LogP contribution is 2.52. The maximum absolute atomic E-state index is 14.7. The van der Waals surface area contributed by atoms with Crippen molar-refractivity contribution in [3.8, 4) is 0 Å². The molecule has 4 N–H and O–H groups in total. The fourth-order valence-electron chi connectivity index (χ4n) is 3.51. The maximum atomic E-state index is 14.7. The van der Waals surface area contributed by atoms with E-state index in [1.165, 1.54) is 30.0 Å². The number of guanidine groups is 1. The van der Waals surface area contributed by atoms with Crippen LogP contribution in [-0.2, 0) is 9.67 Å². The van der Waals surface area contributed by atoms with E-state index in [2.05, 4.69) is 26.4 Å². The molecule has 182 valence electrons. The van der Waals surface area contributed by atoms with Gasteiger partial charge in [0, 0.05) is 25.5 Å². The Morgan fingerprint density at radius 2 is 1.94 bits per heavy atom. The van der Waals surface area contributed by atoms with Crippen molar-refractivity contribution in [2.45, 2.75) is 25.1 Å². The number of benzene rings is 2. The van der Waals surface area contributed by atoms with E-state index in [1.807, 2.05) is 37.3 Å². The van der Waals surface area contributed by atoms with E-state index < -0.39 is 16.5 Å². The molecule has 1 aromatic heterocycles. The lowest BCUT2D eigenvalue weighted by Gasteiger charge is -2.35. The summed E-state index contributed by atoms with van der Waals surface area (Å²) in [6, 6.07) is 12.8. The Balaban J connectivity index is 1.71. The number of carbonyl (C=O) groups is 1. The Kier molecular flexibility index (Phi) is 7.38. The van der Waals surface area contributed by atoms with Gasteiger partial charge < -0.3 is 0 Å². The molecule has 3 aromatic rings. The molecule has 13 heteroatoms. The van der Waals surface area contributed by atoms with Gasteiger partial charge in [0.1, 0.15) is 26.6 Å². The van der Waals surface area contributed by atoms with Gasteiger partial charge >= 0.3 is 0 Å². The number of halogens is 2. The van der Waals surface area contributed by atoms with Gasteiger partial charge in [0.2, 0.25) is 17.0 Å². The van der Waals surface area contributed by atoms with Crippen LogP contribution in [0.2, 0.25) is 0 Å². The number of hydrogen-bond acceptors (Lipinski definition) is 9. The van der Waals surface area contributed by atoms with Gasteiger partial charge in [-0.15, -0.1) is 10.2 Å². The number of rotatable bonds is 7. The summed E-state index contributed by atoms with van der Waals surface area (Å²) < 4.78 is 28.7. The standard InChI is InChI=1S/C22H22F2N8OS2/c1-13(33)27-20(25)29-26-11-10-22(15-6-4-3-5-7-15)32(21-30-28-14(2)34-21)31-19(35-22)17-12-16(23)8-9-18(17)24/h3-9,12,26H,10-11H2,1-2H3,(H3,25,27,29,33). The van der Waals surface area contributed by atoms with Gasteiger partial charge in [0.05, 0.1) is 0 Å². The number of nitrogens with zero attached hydrogens (tertiary/aromatic N) is 4. The van der Waals surface area contributed by atoms with E-state index in [9.17, 15) is 13.6 Å². The van der Waals surface area contributed by atoms with Crippen molar-refractivity contribution in [2.75, 3.05) is 11.6 Å². The molecule has 0 saturated heterocycles. The molecule has 1 unspecified atom stereocenters. The molecule has 1 atom stereocenters. The average molecular weight is 517 g/mol. The normalized spacial score (nSPS) is 17.3. The SMILES string of the molecule is CC(=O)NC(=N)NNCCC1(c2ccccc2)SC(c2cc(F)ccc2F)=NN1c1nnc(C)s1. The second kappa shape index (κ2) is 10.5. The van der Waals surface area contributed by atoms with Crippen molar-refractivity contribution in [3.05, 3.63) is 76.3 Å². The predicted octanol–water partition coefficient (Wildman–Crippen LogP) is 3.45. The van der Waals surface area contributed by atoms with Crippen LogP contribution in [0.3, 0.4) is 0 Å². The van der Waals surface area contributed by atoms with Crippen LogP contribution in [0.4, 0.5) is 13.9 Å². The molecule has 0 fully saturated rings. The molecule has 2 aromatic carbocycles. The predicted molar refractivity (Wildman–Crippen MR) is 133 cm³/mol. The number of hydrogen-bond donors (Lipinski definition) is 4. The first-order chi connectivity index (χ1) is 16.8. The number of anilines is 1. The highest BCUT2D eigenvalue weighted by Gasteiger charge is 2.48. The highest BCUT2D eigenvalue weighted by molar-refractivity contribution is 8.15. The quantitative estimate of drug-likeness (QED) is 0.164. The maximum Gasteiger partial charge on any atom is 0.230 e. The molecular weight excluding hydrogens is 494 g/mol. The molecule has 2 heterocycles. The van der Waals surface area contributed by atoms with Gasteiger partial charge in [-0.3, -0.25) is 20.9 Å². The summed E-state index contributed by atoms with van der Waals surface area (Å²) in [6.45, 7) is 3.46. The van der Waals surface area contributed by atoms with Gasteiger partial charge in [0.15, 0.2) is 0 Å². The first kappa shape index (κ1) is 24.7. The Hall–Kier alpha value is -3.42. The molecule has 1 aliphatic heterocycles. The summed E-state index contributed by atoms with van der Waals surface area (Å²) in [6.07, 6.45) is 0.407. The summed E-state index contributed by atoms with van der Waals surface area (Å²) in [4.78, 5) is 10.3. The van der Waals surface area contributed by atoms with Crippen molar-refractivity contribution in [1.29, 1.82) is 5.41 Å². The molecule has 9 nitrogen and oxygen atoms in total. The number of amides is 1. The largest absolute Gasteiger partial charge is 0.296 e. The van der Waals surface area contributed by atoms with Crippen molar-refractivity contribution in [1.82, 2.24) is 26.4 Å². The Bertz CT molecular complexity index is 1270. The summed E-state index contributed by atoms with van der Waals surface area (Å²) in [5, 5.41) is 26.4. The number of nitrogens with one attached hydrogen (secondary N) is 4. The fraction of sp³-hybridized carbons (Fsp3) is 0.227. The molecule has 1 aliphatic rings. The molecule has 35 heavy (non-hydrogen) atoms. The Morgan fingerprint density at radius 3 is 2.63 bits per heavy atom. The van der Waals surface area contributed by atoms with E-state index in [0.29, 0.717) is 23.1 Å². The van der Waals surface area contributed by atoms with Crippen LogP contribution in [0.5, 0.6) is 0 Å². The third kappa shape index (κ3) is 5.47. The lowest BCUT2D eigenvalue weighted by Crippen LogP contribution is -2.48. The molecule has 0 saturated carbocycles. The van der Waals surface area contributed by atoms with Crippen molar-refractivity contribution in [2.24, 2.45) is 5.10 Å². The van der Waals surface area contributed by atoms with Crippen LogP contribution in [0.15, 0.2) is 53.6 Å². The zero-order valence-electron chi connectivity index (χ0n) is 18.8. The Labute approximate surface area is 208 Å². The van der Waals surface area contributed by atoms with Crippen LogP contribution in [0.25, 0.3) is 0 Å². The van der Waals surface area contributed by atoms with Gasteiger partial charge in [-0.2, -0.15) is 5.10 Å². The van der Waals surface area contributed by atoms with Crippen LogP contribution >= 0.6 is 23.1 Å². The molecule has 1 amide bonds. The van der Waals surface area contributed by atoms with Crippen molar-refractivity contribution in [3.63, 3.8) is 0 Å². The minimum Gasteiger partial charge on any atom is -0.296 e. The number of aryl methyl sites for hydroxylation is 1. The molecule has 0 bridgehead atoms. The zero-order valence-corrected chi connectivity index (χ0v) is 20.4. The number of aromatic nitrogens is 2. The van der Waals surface area contributed by atoms with Gasteiger partial charge in [-0.1, -0.05) is 53.4 Å². The highest BCUT2D eigenvalue weighted by atomic mass is 32.2. The third-order valence-electron chi connectivity index (χ3n) is 4.98. The van der Waals surface area contributed by atoms with E-state index in [-0.39, 0.29) is 17.4 Å². The zero-order chi connectivity index (χ0) is 25.0. The Morgan fingerprint density at radius 1 is 1.17 bits per heavy atom. The smallest absolute Gasteiger partial charge is 0.230 e. The van der Waals surface area contributed by atoms with E-state index in [4.69, 9.17) is 10.5 Å². The second-order valence-corrected chi connectivity index (χ2v) is 9.98. The van der Waals surface area contributed by atoms with Crippen LogP contribution in [0.1, 0.15) is 29.5 Å². The van der Waals surface area contributed by atoms with Gasteiger partial charge in [-0.05, 0) is 30.7 Å². The lowest BCUT2D eigenvalue weighted by atomic mass is 10.0. The lowest BCUT2D eigenvalue weighted by molar-refractivity contribution is -0.117. The molecular formula is C22H22F2N8OS2. The minimum absolute atomic E-state index is 0.0533. The van der Waals surface area contributed by atoms with E-state index in [1.54, 1.807) is 5.01 Å². The van der Waals surface area contributed by atoms with Crippen molar-refractivity contribution < 1.29 is 13.6 Å². The molecule has 0 radical (unpaired) electrons. The summed E-state index contributed by atoms with van der Waals surface area (Å²) in [5.74, 6) is -1.72. The number of carbonyl (C=O) groups excluding carboxylic acids is 1.